The number of hydrogen-bond donors (Lipinski definition) is 0. The van der Waals surface area contributed by atoms with Crippen LogP contribution in [0.5, 0.6) is 11.5 Å². The van der Waals surface area contributed by atoms with Gasteiger partial charge in [-0.3, -0.25) is 0 Å². The fraction of sp³-hybridized carbons (Fsp3) is 0.800. The van der Waals surface area contributed by atoms with E-state index >= 15 is 0 Å². The normalized spacial score (nSPS) is 22.6. The highest BCUT2D eigenvalue weighted by Crippen LogP contribution is 2.55. The highest BCUT2D eigenvalue weighted by molar-refractivity contribution is 5.35. The second-order valence-electron chi connectivity index (χ2n) is 11.0. The zero-order valence-corrected chi connectivity index (χ0v) is 22.0. The topological polar surface area (TPSA) is 18.5 Å². The molecular formula is C30H48F2O2. The molecule has 2 aliphatic carbocycles. The second kappa shape index (κ2) is 13.7. The molecule has 4 heteroatoms. The summed E-state index contributed by atoms with van der Waals surface area (Å²) in [5.74, 6) is 0.245. The van der Waals surface area contributed by atoms with Crippen molar-refractivity contribution in [3.8, 4) is 11.5 Å². The van der Waals surface area contributed by atoms with Gasteiger partial charge in [0.05, 0.1) is 13.2 Å². The molecule has 0 saturated heterocycles. The molecule has 0 unspecified atom stereocenters. The molecule has 2 saturated carbocycles. The summed E-state index contributed by atoms with van der Waals surface area (Å²) in [6.45, 7) is 7.60. The van der Waals surface area contributed by atoms with Crippen molar-refractivity contribution in [2.75, 3.05) is 13.2 Å². The third-order valence-electron chi connectivity index (χ3n) is 8.77. The summed E-state index contributed by atoms with van der Waals surface area (Å²) in [7, 11) is 0. The lowest BCUT2D eigenvalue weighted by Gasteiger charge is -2.51. The van der Waals surface area contributed by atoms with Gasteiger partial charge in [0.15, 0.2) is 11.5 Å². The number of halogens is 2. The fourth-order valence-corrected chi connectivity index (χ4v) is 6.95. The summed E-state index contributed by atoms with van der Waals surface area (Å²) in [4.78, 5) is 0. The van der Waals surface area contributed by atoms with Crippen molar-refractivity contribution in [1.82, 2.24) is 0 Å². The van der Waals surface area contributed by atoms with Crippen molar-refractivity contribution in [1.29, 1.82) is 0 Å². The van der Waals surface area contributed by atoms with Gasteiger partial charge >= 0.3 is 0 Å². The first-order chi connectivity index (χ1) is 16.6. The zero-order valence-electron chi connectivity index (χ0n) is 22.0. The van der Waals surface area contributed by atoms with E-state index in [9.17, 15) is 8.78 Å². The lowest BCUT2D eigenvalue weighted by atomic mass is 9.54. The third-order valence-corrected chi connectivity index (χ3v) is 8.77. The summed E-state index contributed by atoms with van der Waals surface area (Å²) in [5.41, 5.74) is 0.541. The average molecular weight is 479 g/mol. The molecule has 0 heterocycles. The first kappa shape index (κ1) is 27.3. The molecule has 2 aliphatic rings. The van der Waals surface area contributed by atoms with E-state index in [4.69, 9.17) is 9.47 Å². The molecule has 0 atom stereocenters. The van der Waals surface area contributed by atoms with Crippen molar-refractivity contribution in [3.63, 3.8) is 0 Å². The Morgan fingerprint density at radius 1 is 0.824 bits per heavy atom. The van der Waals surface area contributed by atoms with Crippen molar-refractivity contribution in [2.45, 2.75) is 117 Å². The average Bonchev–Trinajstić information content (AvgIpc) is 2.87. The van der Waals surface area contributed by atoms with Gasteiger partial charge < -0.3 is 9.47 Å². The monoisotopic (exact) mass is 478 g/mol. The van der Waals surface area contributed by atoms with E-state index < -0.39 is 11.6 Å². The van der Waals surface area contributed by atoms with E-state index in [1.165, 1.54) is 82.8 Å². The zero-order chi connectivity index (χ0) is 24.4. The molecule has 1 aromatic carbocycles. The molecule has 2 nitrogen and oxygen atoms in total. The molecule has 34 heavy (non-hydrogen) atoms. The van der Waals surface area contributed by atoms with E-state index in [-0.39, 0.29) is 11.5 Å². The van der Waals surface area contributed by atoms with Crippen LogP contribution in [0, 0.1) is 34.8 Å². The van der Waals surface area contributed by atoms with Crippen molar-refractivity contribution >= 4 is 0 Å². The molecule has 1 aromatic rings. The molecule has 0 aliphatic heterocycles. The van der Waals surface area contributed by atoms with Crippen LogP contribution in [-0.2, 0) is 0 Å². The van der Waals surface area contributed by atoms with Crippen molar-refractivity contribution < 1.29 is 18.3 Å². The van der Waals surface area contributed by atoms with Gasteiger partial charge in [0.2, 0.25) is 11.6 Å². The van der Waals surface area contributed by atoms with E-state index in [0.717, 1.165) is 37.5 Å². The van der Waals surface area contributed by atoms with Gasteiger partial charge in [0.1, 0.15) is 0 Å². The van der Waals surface area contributed by atoms with Crippen LogP contribution < -0.4 is 9.47 Å². The van der Waals surface area contributed by atoms with Gasteiger partial charge in [-0.15, -0.1) is 0 Å². The van der Waals surface area contributed by atoms with Gasteiger partial charge in [-0.1, -0.05) is 72.1 Å². The summed E-state index contributed by atoms with van der Waals surface area (Å²) in [6, 6.07) is 3.01. The highest BCUT2D eigenvalue weighted by Gasteiger charge is 2.45. The Bertz CT molecular complexity index is 715. The van der Waals surface area contributed by atoms with Crippen LogP contribution in [-0.4, -0.2) is 13.2 Å². The van der Waals surface area contributed by atoms with Crippen molar-refractivity contribution in [2.24, 2.45) is 23.2 Å². The molecule has 0 bridgehead atoms. The minimum Gasteiger partial charge on any atom is -0.490 e. The largest absolute Gasteiger partial charge is 0.490 e. The summed E-state index contributed by atoms with van der Waals surface area (Å²) in [6.07, 6.45) is 18.9. The minimum absolute atomic E-state index is 0.0113. The maximum atomic E-state index is 14.5. The fourth-order valence-electron chi connectivity index (χ4n) is 6.95. The standard InChI is InChI=1S/C30H48F2O2/c1-4-7-21-33-26-17-18-27(29(32)28(26)31)34-22-23-13-15-25(16-14-23)30(19-9-8-10-20-30)24(11-5-2)12-6-3/h17-18,23-25H,4-16,19-22H2,1-3H3/t23-,25-. The van der Waals surface area contributed by atoms with Gasteiger partial charge in [-0.25, -0.2) is 0 Å². The summed E-state index contributed by atoms with van der Waals surface area (Å²) in [5, 5.41) is 0. The maximum absolute atomic E-state index is 14.5. The van der Waals surface area contributed by atoms with E-state index in [2.05, 4.69) is 13.8 Å². The molecule has 0 amide bonds. The molecule has 3 rings (SSSR count). The van der Waals surface area contributed by atoms with E-state index in [0.29, 0.717) is 24.5 Å². The van der Waals surface area contributed by atoms with Gasteiger partial charge in [-0.2, -0.15) is 8.78 Å². The second-order valence-corrected chi connectivity index (χ2v) is 11.0. The van der Waals surface area contributed by atoms with Crippen LogP contribution in [0.2, 0.25) is 0 Å². The number of unbranched alkanes of at least 4 members (excludes halogenated alkanes) is 1. The predicted octanol–water partition coefficient (Wildman–Crippen LogP) is 9.50. The Hall–Kier alpha value is -1.32. The lowest BCUT2D eigenvalue weighted by Crippen LogP contribution is -2.42. The Balaban J connectivity index is 1.56. The molecule has 0 aromatic heterocycles. The first-order valence-corrected chi connectivity index (χ1v) is 14.3. The number of rotatable bonds is 13. The molecule has 0 spiro atoms. The van der Waals surface area contributed by atoms with E-state index in [1.807, 2.05) is 6.92 Å². The number of hydrogen-bond acceptors (Lipinski definition) is 2. The summed E-state index contributed by atoms with van der Waals surface area (Å²) >= 11 is 0. The van der Waals surface area contributed by atoms with Crippen LogP contribution in [0.15, 0.2) is 12.1 Å². The van der Waals surface area contributed by atoms with Crippen LogP contribution in [0.4, 0.5) is 8.78 Å². The predicted molar refractivity (Wildman–Crippen MR) is 137 cm³/mol. The first-order valence-electron chi connectivity index (χ1n) is 14.3. The Labute approximate surface area is 207 Å². The quantitative estimate of drug-likeness (QED) is 0.263. The van der Waals surface area contributed by atoms with Gasteiger partial charge in [-0.05, 0) is 80.2 Å². The van der Waals surface area contributed by atoms with Crippen LogP contribution >= 0.6 is 0 Å². The molecule has 2 fully saturated rings. The lowest BCUT2D eigenvalue weighted by molar-refractivity contribution is -0.0149. The Morgan fingerprint density at radius 3 is 1.97 bits per heavy atom. The number of benzene rings is 1. The van der Waals surface area contributed by atoms with Crippen LogP contribution in [0.3, 0.4) is 0 Å². The van der Waals surface area contributed by atoms with Crippen LogP contribution in [0.1, 0.15) is 117 Å². The van der Waals surface area contributed by atoms with Crippen molar-refractivity contribution in [3.05, 3.63) is 23.8 Å². The number of ether oxygens (including phenoxy) is 2. The van der Waals surface area contributed by atoms with Crippen LogP contribution in [0.25, 0.3) is 0 Å². The SMILES string of the molecule is CCCCOc1ccc(OC[C@H]2CC[C@H](C3(C(CCC)CCC)CCCCC3)CC2)c(F)c1F. The Morgan fingerprint density at radius 2 is 1.41 bits per heavy atom. The molecule has 0 N–H and O–H groups in total. The highest BCUT2D eigenvalue weighted by atomic mass is 19.2. The minimum atomic E-state index is -0.936. The molecule has 0 radical (unpaired) electrons. The third kappa shape index (κ3) is 6.66. The smallest absolute Gasteiger partial charge is 0.204 e. The van der Waals surface area contributed by atoms with Gasteiger partial charge in [0.25, 0.3) is 0 Å². The van der Waals surface area contributed by atoms with E-state index in [1.54, 1.807) is 0 Å². The Kier molecular flexibility index (Phi) is 11.0. The summed E-state index contributed by atoms with van der Waals surface area (Å²) < 4.78 is 40.1. The molecular weight excluding hydrogens is 430 g/mol. The maximum Gasteiger partial charge on any atom is 0.204 e. The molecule has 194 valence electrons. The van der Waals surface area contributed by atoms with Gasteiger partial charge in [0, 0.05) is 0 Å².